The highest BCUT2D eigenvalue weighted by Crippen LogP contribution is 2.06. The van der Waals surface area contributed by atoms with E-state index >= 15 is 0 Å². The zero-order valence-electron chi connectivity index (χ0n) is 9.82. The Morgan fingerprint density at radius 1 is 1.44 bits per heavy atom. The van der Waals surface area contributed by atoms with Crippen LogP contribution in [0.25, 0.3) is 0 Å². The van der Waals surface area contributed by atoms with Crippen LogP contribution in [0.5, 0.6) is 0 Å². The summed E-state index contributed by atoms with van der Waals surface area (Å²) in [5.74, 6) is 0.381. The second-order valence-corrected chi connectivity index (χ2v) is 3.60. The standard InChI is InChI=1S/C12H15N3O/c1-8(2)12(14-10(4)11(5)16)15-9(3)6-7-13-15/h6-7H,1,4H2,2-3,5H3. The number of hydrogen-bond acceptors (Lipinski definition) is 3. The average molecular weight is 217 g/mol. The van der Waals surface area contributed by atoms with Gasteiger partial charge in [0.05, 0.1) is 0 Å². The molecule has 84 valence electrons. The molecule has 0 atom stereocenters. The van der Waals surface area contributed by atoms with Crippen LogP contribution in [-0.4, -0.2) is 21.4 Å². The molecule has 1 rings (SSSR count). The predicted octanol–water partition coefficient (Wildman–Crippen LogP) is 2.12. The third-order valence-electron chi connectivity index (χ3n) is 2.06. The molecule has 0 saturated heterocycles. The number of aromatic nitrogens is 2. The van der Waals surface area contributed by atoms with Gasteiger partial charge in [0.15, 0.2) is 11.6 Å². The van der Waals surface area contributed by atoms with Gasteiger partial charge in [-0.3, -0.25) is 4.79 Å². The molecule has 0 saturated carbocycles. The molecule has 0 bridgehead atoms. The summed E-state index contributed by atoms with van der Waals surface area (Å²) in [6, 6.07) is 1.86. The summed E-state index contributed by atoms with van der Waals surface area (Å²) in [7, 11) is 0. The molecule has 0 fully saturated rings. The van der Waals surface area contributed by atoms with Crippen molar-refractivity contribution in [1.82, 2.24) is 9.78 Å². The van der Waals surface area contributed by atoms with Gasteiger partial charge < -0.3 is 0 Å². The molecule has 0 N–H and O–H groups in total. The van der Waals surface area contributed by atoms with Gasteiger partial charge in [0.25, 0.3) is 0 Å². The summed E-state index contributed by atoms with van der Waals surface area (Å²) in [5, 5.41) is 4.12. The van der Waals surface area contributed by atoms with Crippen LogP contribution in [0.3, 0.4) is 0 Å². The van der Waals surface area contributed by atoms with E-state index in [0.29, 0.717) is 5.84 Å². The van der Waals surface area contributed by atoms with E-state index in [2.05, 4.69) is 23.2 Å². The Kier molecular flexibility index (Phi) is 3.55. The lowest BCUT2D eigenvalue weighted by Gasteiger charge is -2.08. The van der Waals surface area contributed by atoms with Crippen LogP contribution < -0.4 is 0 Å². The fourth-order valence-corrected chi connectivity index (χ4v) is 1.12. The molecule has 16 heavy (non-hydrogen) atoms. The van der Waals surface area contributed by atoms with Crippen LogP contribution in [0, 0.1) is 6.92 Å². The largest absolute Gasteiger partial charge is 0.293 e. The molecule has 0 aliphatic rings. The minimum absolute atomic E-state index is 0.163. The summed E-state index contributed by atoms with van der Waals surface area (Å²) >= 11 is 0. The third kappa shape index (κ3) is 2.53. The van der Waals surface area contributed by atoms with E-state index in [4.69, 9.17) is 0 Å². The first-order valence-corrected chi connectivity index (χ1v) is 4.89. The highest BCUT2D eigenvalue weighted by molar-refractivity contribution is 6.03. The minimum Gasteiger partial charge on any atom is -0.293 e. The molecular weight excluding hydrogens is 202 g/mol. The average Bonchev–Trinajstić information content (AvgIpc) is 2.59. The predicted molar refractivity (Wildman–Crippen MR) is 64.4 cm³/mol. The van der Waals surface area contributed by atoms with Crippen LogP contribution in [0.15, 0.2) is 41.7 Å². The fourth-order valence-electron chi connectivity index (χ4n) is 1.12. The summed E-state index contributed by atoms with van der Waals surface area (Å²) in [6.45, 7) is 12.6. The van der Waals surface area contributed by atoms with Gasteiger partial charge in [0, 0.05) is 18.8 Å². The quantitative estimate of drug-likeness (QED) is 0.442. The molecule has 4 heteroatoms. The first-order chi connectivity index (χ1) is 7.43. The molecule has 0 aliphatic carbocycles. The number of hydrogen-bond donors (Lipinski definition) is 0. The zero-order valence-corrected chi connectivity index (χ0v) is 9.82. The second-order valence-electron chi connectivity index (χ2n) is 3.60. The number of ketones is 1. The monoisotopic (exact) mass is 217 g/mol. The van der Waals surface area contributed by atoms with Gasteiger partial charge in [0.2, 0.25) is 0 Å². The maximum Gasteiger partial charge on any atom is 0.177 e. The van der Waals surface area contributed by atoms with Crippen molar-refractivity contribution in [3.8, 4) is 0 Å². The minimum atomic E-state index is -0.163. The summed E-state index contributed by atoms with van der Waals surface area (Å²) in [5.41, 5.74) is 1.86. The van der Waals surface area contributed by atoms with E-state index in [0.717, 1.165) is 11.3 Å². The second kappa shape index (κ2) is 4.70. The Morgan fingerprint density at radius 2 is 2.06 bits per heavy atom. The molecule has 0 amide bonds. The fraction of sp³-hybridized carbons (Fsp3) is 0.250. The smallest absolute Gasteiger partial charge is 0.177 e. The molecular formula is C12H15N3O. The van der Waals surface area contributed by atoms with Crippen molar-refractivity contribution in [2.24, 2.45) is 4.99 Å². The van der Waals surface area contributed by atoms with Crippen molar-refractivity contribution < 1.29 is 4.79 Å². The third-order valence-corrected chi connectivity index (χ3v) is 2.06. The summed E-state index contributed by atoms with van der Waals surface area (Å²) in [6.07, 6.45) is 1.67. The summed E-state index contributed by atoms with van der Waals surface area (Å²) in [4.78, 5) is 15.2. The first kappa shape index (κ1) is 12.1. The molecule has 1 heterocycles. The molecule has 0 radical (unpaired) electrons. The van der Waals surface area contributed by atoms with Crippen LogP contribution in [0.2, 0.25) is 0 Å². The summed E-state index contributed by atoms with van der Waals surface area (Å²) < 4.78 is 1.64. The van der Waals surface area contributed by atoms with E-state index in [-0.39, 0.29) is 11.5 Å². The van der Waals surface area contributed by atoms with E-state index in [1.165, 1.54) is 6.92 Å². The maximum absolute atomic E-state index is 11.1. The van der Waals surface area contributed by atoms with E-state index in [1.54, 1.807) is 10.9 Å². The van der Waals surface area contributed by atoms with Gasteiger partial charge in [-0.25, -0.2) is 9.67 Å². The molecule has 0 unspecified atom stereocenters. The molecule has 1 aromatic heterocycles. The van der Waals surface area contributed by atoms with Crippen LogP contribution in [0.4, 0.5) is 0 Å². The lowest BCUT2D eigenvalue weighted by molar-refractivity contribution is -0.113. The normalized spacial score (nSPS) is 11.3. The Hall–Kier alpha value is -1.97. The Morgan fingerprint density at radius 3 is 2.44 bits per heavy atom. The van der Waals surface area contributed by atoms with Crippen molar-refractivity contribution in [3.63, 3.8) is 0 Å². The number of Topliss-reactive ketones (excluding diaryl/α,β-unsaturated/α-hetero) is 1. The van der Waals surface area contributed by atoms with Gasteiger partial charge in [0.1, 0.15) is 5.70 Å². The number of aryl methyl sites for hydroxylation is 1. The lowest BCUT2D eigenvalue weighted by Crippen LogP contribution is -2.17. The highest BCUT2D eigenvalue weighted by Gasteiger charge is 2.09. The van der Waals surface area contributed by atoms with E-state index in [9.17, 15) is 4.79 Å². The zero-order chi connectivity index (χ0) is 12.3. The van der Waals surface area contributed by atoms with Crippen molar-refractivity contribution in [1.29, 1.82) is 0 Å². The van der Waals surface area contributed by atoms with E-state index in [1.807, 2.05) is 19.9 Å². The maximum atomic E-state index is 11.1. The molecule has 4 nitrogen and oxygen atoms in total. The molecule has 0 aromatic carbocycles. The lowest BCUT2D eigenvalue weighted by atomic mass is 10.3. The van der Waals surface area contributed by atoms with Gasteiger partial charge >= 0.3 is 0 Å². The number of carbonyl (C=O) groups excluding carboxylic acids is 1. The molecule has 0 aliphatic heterocycles. The molecule has 1 aromatic rings. The topological polar surface area (TPSA) is 47.2 Å². The Bertz CT molecular complexity index is 480. The number of nitrogens with zero attached hydrogens (tertiary/aromatic N) is 3. The van der Waals surface area contributed by atoms with Crippen molar-refractivity contribution in [2.75, 3.05) is 0 Å². The number of rotatable bonds is 3. The number of aliphatic imine (C=N–C) groups is 1. The molecule has 0 spiro atoms. The van der Waals surface area contributed by atoms with Gasteiger partial charge in [-0.2, -0.15) is 5.10 Å². The van der Waals surface area contributed by atoms with Crippen LogP contribution >= 0.6 is 0 Å². The SMILES string of the molecule is C=C(C)C(=NC(=C)C(C)=O)n1nccc1C. The van der Waals surface area contributed by atoms with E-state index < -0.39 is 0 Å². The first-order valence-electron chi connectivity index (χ1n) is 4.89. The van der Waals surface area contributed by atoms with Crippen molar-refractivity contribution >= 4 is 11.6 Å². The Balaban J connectivity index is 3.21. The van der Waals surface area contributed by atoms with Gasteiger partial charge in [-0.1, -0.05) is 13.2 Å². The van der Waals surface area contributed by atoms with Crippen LogP contribution in [0.1, 0.15) is 19.5 Å². The van der Waals surface area contributed by atoms with Crippen molar-refractivity contribution in [3.05, 3.63) is 42.4 Å². The Labute approximate surface area is 95.0 Å². The van der Waals surface area contributed by atoms with Crippen LogP contribution in [-0.2, 0) is 4.79 Å². The van der Waals surface area contributed by atoms with Gasteiger partial charge in [-0.15, -0.1) is 0 Å². The van der Waals surface area contributed by atoms with Gasteiger partial charge in [-0.05, 0) is 25.5 Å². The van der Waals surface area contributed by atoms with Crippen molar-refractivity contribution in [2.45, 2.75) is 20.8 Å². The number of allylic oxidation sites excluding steroid dienone is 2. The number of carbonyl (C=O) groups is 1. The highest BCUT2D eigenvalue weighted by atomic mass is 16.1.